The third kappa shape index (κ3) is 2.58. The van der Waals surface area contributed by atoms with E-state index in [1.807, 2.05) is 18.3 Å². The van der Waals surface area contributed by atoms with Gasteiger partial charge in [-0.15, -0.1) is 0 Å². The standard InChI is InChI=1S/C13H18N6/c14-6-10-2-1-3-12(10)18-11-4-5-13(16-7-11)19-9-15-8-17-19/h4-5,7-10,12,18H,1-3,6,14H2. The molecule has 6 heteroatoms. The van der Waals surface area contributed by atoms with Crippen LogP contribution in [0.25, 0.3) is 5.82 Å². The lowest BCUT2D eigenvalue weighted by molar-refractivity contribution is 0.516. The van der Waals surface area contributed by atoms with Crippen molar-refractivity contribution < 1.29 is 0 Å². The zero-order valence-corrected chi connectivity index (χ0v) is 10.7. The monoisotopic (exact) mass is 258 g/mol. The number of hydrogen-bond donors (Lipinski definition) is 2. The molecule has 3 rings (SSSR count). The van der Waals surface area contributed by atoms with Gasteiger partial charge in [0.05, 0.1) is 11.9 Å². The van der Waals surface area contributed by atoms with E-state index >= 15 is 0 Å². The highest BCUT2D eigenvalue weighted by Crippen LogP contribution is 2.27. The average Bonchev–Trinajstić information content (AvgIpc) is 3.10. The van der Waals surface area contributed by atoms with Crippen molar-refractivity contribution in [1.82, 2.24) is 19.7 Å². The minimum Gasteiger partial charge on any atom is -0.381 e. The van der Waals surface area contributed by atoms with Crippen LogP contribution in [0.1, 0.15) is 19.3 Å². The van der Waals surface area contributed by atoms with Gasteiger partial charge in [-0.3, -0.25) is 0 Å². The topological polar surface area (TPSA) is 81.6 Å². The predicted molar refractivity (Wildman–Crippen MR) is 73.0 cm³/mol. The number of nitrogens with zero attached hydrogens (tertiary/aromatic N) is 4. The van der Waals surface area contributed by atoms with Crippen LogP contribution in [0.4, 0.5) is 5.69 Å². The van der Waals surface area contributed by atoms with Crippen molar-refractivity contribution in [3.8, 4) is 5.82 Å². The van der Waals surface area contributed by atoms with E-state index < -0.39 is 0 Å². The summed E-state index contributed by atoms with van der Waals surface area (Å²) < 4.78 is 1.64. The maximum absolute atomic E-state index is 5.79. The molecule has 100 valence electrons. The Bertz CT molecular complexity index is 506. The Kier molecular flexibility index (Phi) is 3.41. The highest BCUT2D eigenvalue weighted by atomic mass is 15.3. The fraction of sp³-hybridized carbons (Fsp3) is 0.462. The molecule has 1 aliphatic carbocycles. The molecule has 1 saturated carbocycles. The molecular formula is C13H18N6. The first kappa shape index (κ1) is 12.1. The van der Waals surface area contributed by atoms with Crippen molar-refractivity contribution in [1.29, 1.82) is 0 Å². The smallest absolute Gasteiger partial charge is 0.155 e. The number of aromatic nitrogens is 4. The molecule has 0 aliphatic heterocycles. The molecule has 2 aromatic rings. The number of nitrogens with one attached hydrogen (secondary N) is 1. The first-order valence-electron chi connectivity index (χ1n) is 6.64. The van der Waals surface area contributed by atoms with Crippen LogP contribution in [0.2, 0.25) is 0 Å². The van der Waals surface area contributed by atoms with Crippen molar-refractivity contribution in [3.63, 3.8) is 0 Å². The molecule has 0 aromatic carbocycles. The normalized spacial score (nSPS) is 22.6. The molecule has 1 aliphatic rings. The van der Waals surface area contributed by atoms with Gasteiger partial charge in [-0.05, 0) is 37.4 Å². The quantitative estimate of drug-likeness (QED) is 0.861. The number of hydrogen-bond acceptors (Lipinski definition) is 5. The summed E-state index contributed by atoms with van der Waals surface area (Å²) in [6, 6.07) is 4.43. The molecular weight excluding hydrogens is 240 g/mol. The van der Waals surface area contributed by atoms with Crippen LogP contribution in [0.5, 0.6) is 0 Å². The van der Waals surface area contributed by atoms with Gasteiger partial charge in [0.25, 0.3) is 0 Å². The van der Waals surface area contributed by atoms with E-state index in [1.54, 1.807) is 11.0 Å². The maximum Gasteiger partial charge on any atom is 0.155 e. The van der Waals surface area contributed by atoms with Gasteiger partial charge in [0.1, 0.15) is 12.7 Å². The first-order valence-corrected chi connectivity index (χ1v) is 6.64. The lowest BCUT2D eigenvalue weighted by Gasteiger charge is -2.20. The average molecular weight is 258 g/mol. The van der Waals surface area contributed by atoms with E-state index in [9.17, 15) is 0 Å². The molecule has 2 unspecified atom stereocenters. The Labute approximate surface area is 112 Å². The molecule has 1 fully saturated rings. The summed E-state index contributed by atoms with van der Waals surface area (Å²) in [5.41, 5.74) is 6.83. The van der Waals surface area contributed by atoms with Gasteiger partial charge in [0.2, 0.25) is 0 Å². The summed E-state index contributed by atoms with van der Waals surface area (Å²) in [7, 11) is 0. The molecule has 3 N–H and O–H groups in total. The molecule has 2 aromatic heterocycles. The summed E-state index contributed by atoms with van der Waals surface area (Å²) in [5.74, 6) is 1.35. The fourth-order valence-corrected chi connectivity index (χ4v) is 2.66. The van der Waals surface area contributed by atoms with Gasteiger partial charge >= 0.3 is 0 Å². The van der Waals surface area contributed by atoms with E-state index in [4.69, 9.17) is 5.73 Å². The largest absolute Gasteiger partial charge is 0.381 e. The number of anilines is 1. The van der Waals surface area contributed by atoms with E-state index in [-0.39, 0.29) is 0 Å². The molecule has 2 atom stereocenters. The SMILES string of the molecule is NCC1CCCC1Nc1ccc(-n2cncn2)nc1. The summed E-state index contributed by atoms with van der Waals surface area (Å²) in [5, 5.41) is 7.58. The first-order chi connectivity index (χ1) is 9.36. The zero-order chi connectivity index (χ0) is 13.1. The van der Waals surface area contributed by atoms with E-state index in [1.165, 1.54) is 25.6 Å². The second-order valence-electron chi connectivity index (χ2n) is 4.92. The van der Waals surface area contributed by atoms with Crippen LogP contribution >= 0.6 is 0 Å². The lowest BCUT2D eigenvalue weighted by Crippen LogP contribution is -2.29. The molecule has 0 saturated heterocycles. The lowest BCUT2D eigenvalue weighted by atomic mass is 10.0. The second-order valence-corrected chi connectivity index (χ2v) is 4.92. The van der Waals surface area contributed by atoms with Crippen molar-refractivity contribution in [2.45, 2.75) is 25.3 Å². The predicted octanol–water partition coefficient (Wildman–Crippen LogP) is 1.20. The third-order valence-electron chi connectivity index (χ3n) is 3.72. The number of rotatable bonds is 4. The Morgan fingerprint density at radius 2 is 2.32 bits per heavy atom. The molecule has 2 heterocycles. The Morgan fingerprint density at radius 1 is 1.37 bits per heavy atom. The van der Waals surface area contributed by atoms with Gasteiger partial charge in [-0.2, -0.15) is 5.10 Å². The zero-order valence-electron chi connectivity index (χ0n) is 10.7. The van der Waals surface area contributed by atoms with Crippen LogP contribution in [0.3, 0.4) is 0 Å². The van der Waals surface area contributed by atoms with Crippen molar-refractivity contribution in [2.24, 2.45) is 11.7 Å². The van der Waals surface area contributed by atoms with Crippen LogP contribution in [0.15, 0.2) is 31.0 Å². The summed E-state index contributed by atoms with van der Waals surface area (Å²) >= 11 is 0. The summed E-state index contributed by atoms with van der Waals surface area (Å²) in [4.78, 5) is 8.29. The Hall–Kier alpha value is -1.95. The van der Waals surface area contributed by atoms with Crippen LogP contribution in [-0.4, -0.2) is 32.3 Å². The Balaban J connectivity index is 1.69. The third-order valence-corrected chi connectivity index (χ3v) is 3.72. The minimum atomic E-state index is 0.476. The van der Waals surface area contributed by atoms with Gasteiger partial charge < -0.3 is 11.1 Å². The van der Waals surface area contributed by atoms with Crippen LogP contribution in [-0.2, 0) is 0 Å². The van der Waals surface area contributed by atoms with Gasteiger partial charge in [0, 0.05) is 6.04 Å². The molecule has 0 spiro atoms. The van der Waals surface area contributed by atoms with Gasteiger partial charge in [-0.1, -0.05) is 6.42 Å². The second kappa shape index (κ2) is 5.36. The number of pyridine rings is 1. The maximum atomic E-state index is 5.79. The van der Waals surface area contributed by atoms with E-state index in [2.05, 4.69) is 20.4 Å². The molecule has 19 heavy (non-hydrogen) atoms. The van der Waals surface area contributed by atoms with E-state index in [0.29, 0.717) is 12.0 Å². The number of nitrogens with two attached hydrogens (primary N) is 1. The fourth-order valence-electron chi connectivity index (χ4n) is 2.66. The summed E-state index contributed by atoms with van der Waals surface area (Å²) in [6.45, 7) is 0.752. The molecule has 6 nitrogen and oxygen atoms in total. The summed E-state index contributed by atoms with van der Waals surface area (Å²) in [6.07, 6.45) is 8.63. The Morgan fingerprint density at radius 3 is 3.00 bits per heavy atom. The molecule has 0 radical (unpaired) electrons. The van der Waals surface area contributed by atoms with Crippen molar-refractivity contribution in [3.05, 3.63) is 31.0 Å². The minimum absolute atomic E-state index is 0.476. The van der Waals surface area contributed by atoms with Crippen molar-refractivity contribution in [2.75, 3.05) is 11.9 Å². The van der Waals surface area contributed by atoms with E-state index in [0.717, 1.165) is 18.1 Å². The van der Waals surface area contributed by atoms with Crippen LogP contribution < -0.4 is 11.1 Å². The molecule has 0 bridgehead atoms. The van der Waals surface area contributed by atoms with Gasteiger partial charge in [0.15, 0.2) is 5.82 Å². The van der Waals surface area contributed by atoms with Crippen molar-refractivity contribution >= 4 is 5.69 Å². The highest BCUT2D eigenvalue weighted by molar-refractivity contribution is 5.44. The van der Waals surface area contributed by atoms with Gasteiger partial charge in [-0.25, -0.2) is 14.6 Å². The van der Waals surface area contributed by atoms with Crippen LogP contribution in [0, 0.1) is 5.92 Å². The highest BCUT2D eigenvalue weighted by Gasteiger charge is 2.25. The molecule has 0 amide bonds.